The standard InChI is InChI=1S/C16H20N2/c1-5-6-12(2)15-8-7-13(3)16(11-15)18-10-9-14(4)17-18/h7-11H,2,5-6H2,1,3-4H3. The molecule has 0 radical (unpaired) electrons. The fourth-order valence-electron chi connectivity index (χ4n) is 2.07. The summed E-state index contributed by atoms with van der Waals surface area (Å²) in [5.41, 5.74) is 5.81. The van der Waals surface area contributed by atoms with Crippen molar-refractivity contribution in [3.05, 3.63) is 53.9 Å². The molecule has 0 unspecified atom stereocenters. The van der Waals surface area contributed by atoms with Crippen LogP contribution in [0.15, 0.2) is 37.0 Å². The smallest absolute Gasteiger partial charge is 0.0680 e. The number of allylic oxidation sites excluding steroid dienone is 1. The van der Waals surface area contributed by atoms with Crippen molar-refractivity contribution >= 4 is 5.57 Å². The van der Waals surface area contributed by atoms with Crippen LogP contribution in [0.1, 0.15) is 36.6 Å². The molecule has 0 N–H and O–H groups in total. The molecule has 2 rings (SSSR count). The Labute approximate surface area is 109 Å². The summed E-state index contributed by atoms with van der Waals surface area (Å²) in [4.78, 5) is 0. The Morgan fingerprint density at radius 1 is 1.28 bits per heavy atom. The molecule has 0 amide bonds. The number of hydrogen-bond donors (Lipinski definition) is 0. The van der Waals surface area contributed by atoms with Crippen LogP contribution in [-0.4, -0.2) is 9.78 Å². The van der Waals surface area contributed by atoms with Crippen molar-refractivity contribution in [3.8, 4) is 5.69 Å². The number of aromatic nitrogens is 2. The van der Waals surface area contributed by atoms with E-state index in [0.29, 0.717) is 0 Å². The third-order valence-corrected chi connectivity index (χ3v) is 3.14. The van der Waals surface area contributed by atoms with Crippen LogP contribution in [-0.2, 0) is 0 Å². The van der Waals surface area contributed by atoms with E-state index in [9.17, 15) is 0 Å². The molecule has 1 heterocycles. The van der Waals surface area contributed by atoms with Gasteiger partial charge in [0.25, 0.3) is 0 Å². The van der Waals surface area contributed by atoms with Crippen LogP contribution < -0.4 is 0 Å². The maximum absolute atomic E-state index is 4.48. The van der Waals surface area contributed by atoms with Crippen molar-refractivity contribution in [2.24, 2.45) is 0 Å². The van der Waals surface area contributed by atoms with Crippen LogP contribution in [0.2, 0.25) is 0 Å². The van der Waals surface area contributed by atoms with E-state index in [0.717, 1.165) is 24.2 Å². The second-order valence-corrected chi connectivity index (χ2v) is 4.76. The first-order valence-electron chi connectivity index (χ1n) is 6.43. The molecule has 94 valence electrons. The van der Waals surface area contributed by atoms with E-state index in [4.69, 9.17) is 0 Å². The van der Waals surface area contributed by atoms with Gasteiger partial charge in [0.2, 0.25) is 0 Å². The summed E-state index contributed by atoms with van der Waals surface area (Å²) in [7, 11) is 0. The second-order valence-electron chi connectivity index (χ2n) is 4.76. The maximum Gasteiger partial charge on any atom is 0.0680 e. The summed E-state index contributed by atoms with van der Waals surface area (Å²) in [6.07, 6.45) is 4.17. The number of aryl methyl sites for hydroxylation is 2. The van der Waals surface area contributed by atoms with Crippen molar-refractivity contribution in [1.82, 2.24) is 9.78 Å². The first-order chi connectivity index (χ1) is 8.61. The summed E-state index contributed by atoms with van der Waals surface area (Å²) in [6, 6.07) is 8.49. The highest BCUT2D eigenvalue weighted by Gasteiger charge is 2.06. The number of nitrogens with zero attached hydrogens (tertiary/aromatic N) is 2. The lowest BCUT2D eigenvalue weighted by Crippen LogP contribution is -1.99. The first-order valence-corrected chi connectivity index (χ1v) is 6.43. The van der Waals surface area contributed by atoms with Gasteiger partial charge in [-0.3, -0.25) is 0 Å². The predicted octanol–water partition coefficient (Wildman–Crippen LogP) is 4.30. The fourth-order valence-corrected chi connectivity index (χ4v) is 2.07. The lowest BCUT2D eigenvalue weighted by molar-refractivity contribution is 0.855. The molecule has 1 aromatic carbocycles. The van der Waals surface area contributed by atoms with Crippen LogP contribution in [0.3, 0.4) is 0 Å². The zero-order valence-corrected chi connectivity index (χ0v) is 11.4. The zero-order chi connectivity index (χ0) is 13.1. The summed E-state index contributed by atoms with van der Waals surface area (Å²) in [5.74, 6) is 0. The molecule has 0 saturated carbocycles. The molecule has 2 aromatic rings. The molecule has 18 heavy (non-hydrogen) atoms. The first kappa shape index (κ1) is 12.6. The second kappa shape index (κ2) is 5.21. The highest BCUT2D eigenvalue weighted by molar-refractivity contribution is 5.66. The third-order valence-electron chi connectivity index (χ3n) is 3.14. The minimum absolute atomic E-state index is 1.03. The molecule has 1 aromatic heterocycles. The van der Waals surface area contributed by atoms with Gasteiger partial charge in [-0.15, -0.1) is 0 Å². The lowest BCUT2D eigenvalue weighted by atomic mass is 10.0. The Hall–Kier alpha value is -1.83. The SMILES string of the molecule is C=C(CCC)c1ccc(C)c(-n2ccc(C)n2)c1. The average Bonchev–Trinajstić information content (AvgIpc) is 2.76. The van der Waals surface area contributed by atoms with Crippen LogP contribution >= 0.6 is 0 Å². The van der Waals surface area contributed by atoms with Gasteiger partial charge in [0, 0.05) is 6.20 Å². The Balaban J connectivity index is 2.41. The molecule has 0 bridgehead atoms. The van der Waals surface area contributed by atoms with Gasteiger partial charge in [0.1, 0.15) is 0 Å². The van der Waals surface area contributed by atoms with Crippen molar-refractivity contribution in [2.45, 2.75) is 33.6 Å². The summed E-state index contributed by atoms with van der Waals surface area (Å²) >= 11 is 0. The van der Waals surface area contributed by atoms with E-state index in [1.807, 2.05) is 23.9 Å². The van der Waals surface area contributed by atoms with Crippen molar-refractivity contribution in [2.75, 3.05) is 0 Å². The Morgan fingerprint density at radius 2 is 2.06 bits per heavy atom. The molecule has 0 spiro atoms. The van der Waals surface area contributed by atoms with Crippen molar-refractivity contribution in [1.29, 1.82) is 0 Å². The van der Waals surface area contributed by atoms with Gasteiger partial charge < -0.3 is 0 Å². The molecular formula is C16H20N2. The highest BCUT2D eigenvalue weighted by Crippen LogP contribution is 2.23. The van der Waals surface area contributed by atoms with Crippen LogP contribution in [0, 0.1) is 13.8 Å². The van der Waals surface area contributed by atoms with E-state index in [1.165, 1.54) is 16.7 Å². The Kier molecular flexibility index (Phi) is 3.66. The summed E-state index contributed by atoms with van der Waals surface area (Å²) < 4.78 is 1.94. The van der Waals surface area contributed by atoms with E-state index >= 15 is 0 Å². The van der Waals surface area contributed by atoms with Gasteiger partial charge in [-0.1, -0.05) is 32.1 Å². The lowest BCUT2D eigenvalue weighted by Gasteiger charge is -2.10. The molecular weight excluding hydrogens is 220 g/mol. The van der Waals surface area contributed by atoms with Gasteiger partial charge in [0.15, 0.2) is 0 Å². The third kappa shape index (κ3) is 2.53. The summed E-state index contributed by atoms with van der Waals surface area (Å²) in [5, 5.41) is 4.48. The van der Waals surface area contributed by atoms with Crippen molar-refractivity contribution < 1.29 is 0 Å². The number of hydrogen-bond acceptors (Lipinski definition) is 1. The monoisotopic (exact) mass is 240 g/mol. The van der Waals surface area contributed by atoms with E-state index < -0.39 is 0 Å². The molecule has 2 nitrogen and oxygen atoms in total. The normalized spacial score (nSPS) is 10.6. The van der Waals surface area contributed by atoms with Gasteiger partial charge in [-0.2, -0.15) is 5.10 Å². The summed E-state index contributed by atoms with van der Waals surface area (Å²) in [6.45, 7) is 10.4. The molecule has 2 heteroatoms. The Morgan fingerprint density at radius 3 is 2.67 bits per heavy atom. The van der Waals surface area contributed by atoms with Crippen LogP contribution in [0.25, 0.3) is 11.3 Å². The number of rotatable bonds is 4. The highest BCUT2D eigenvalue weighted by atomic mass is 15.3. The van der Waals surface area contributed by atoms with Gasteiger partial charge in [-0.05, 0) is 49.1 Å². The fraction of sp³-hybridized carbons (Fsp3) is 0.312. The zero-order valence-electron chi connectivity index (χ0n) is 11.4. The van der Waals surface area contributed by atoms with E-state index in [1.54, 1.807) is 0 Å². The maximum atomic E-state index is 4.48. The van der Waals surface area contributed by atoms with Gasteiger partial charge in [-0.25, -0.2) is 4.68 Å². The minimum atomic E-state index is 1.03. The van der Waals surface area contributed by atoms with Crippen molar-refractivity contribution in [3.63, 3.8) is 0 Å². The Bertz CT molecular complexity index is 564. The molecule has 0 aliphatic heterocycles. The largest absolute Gasteiger partial charge is 0.240 e. The molecule has 0 aliphatic carbocycles. The van der Waals surface area contributed by atoms with E-state index in [-0.39, 0.29) is 0 Å². The van der Waals surface area contributed by atoms with Gasteiger partial charge in [0.05, 0.1) is 11.4 Å². The molecule has 0 atom stereocenters. The predicted molar refractivity (Wildman–Crippen MR) is 77.0 cm³/mol. The van der Waals surface area contributed by atoms with Crippen LogP contribution in [0.4, 0.5) is 0 Å². The topological polar surface area (TPSA) is 17.8 Å². The average molecular weight is 240 g/mol. The minimum Gasteiger partial charge on any atom is -0.240 e. The number of benzene rings is 1. The van der Waals surface area contributed by atoms with Crippen LogP contribution in [0.5, 0.6) is 0 Å². The van der Waals surface area contributed by atoms with E-state index in [2.05, 4.69) is 43.7 Å². The van der Waals surface area contributed by atoms with Gasteiger partial charge >= 0.3 is 0 Å². The molecule has 0 fully saturated rings. The quantitative estimate of drug-likeness (QED) is 0.779. The molecule has 0 saturated heterocycles. The molecule has 0 aliphatic rings.